The molecule has 0 aliphatic rings. The SMILES string of the molecule is O=C([O-])O.O=C([O-])O.[Ca+2].[KH]. The minimum atomic E-state index is -2.08. The summed E-state index contributed by atoms with van der Waals surface area (Å²) in [5.74, 6) is 0. The fourth-order valence-corrected chi connectivity index (χ4v) is 0. The summed E-state index contributed by atoms with van der Waals surface area (Å²) < 4.78 is 0. The van der Waals surface area contributed by atoms with E-state index in [0.29, 0.717) is 0 Å². The first-order valence-electron chi connectivity index (χ1n) is 1.26. The molecule has 0 amide bonds. The molecule has 0 spiro atoms. The number of hydrogen-bond donors (Lipinski definition) is 2. The van der Waals surface area contributed by atoms with E-state index < -0.39 is 12.3 Å². The Morgan fingerprint density at radius 3 is 1.00 bits per heavy atom. The minimum absolute atomic E-state index is 0. The molecule has 0 heterocycles. The molecule has 0 rings (SSSR count). The third-order valence-electron chi connectivity index (χ3n) is 0. The standard InChI is InChI=1S/2CH2O3.Ca.K.H/c2*2-1(3)4;;;/h2*(H2,2,3,4);;;/q;;+2;;/p-2. The molecule has 10 heavy (non-hydrogen) atoms. The summed E-state index contributed by atoms with van der Waals surface area (Å²) in [4.78, 5) is 16.9. The molecular weight excluding hydrogens is 199 g/mol. The Labute approximate surface area is 129 Å². The van der Waals surface area contributed by atoms with Crippen LogP contribution >= 0.6 is 0 Å². The summed E-state index contributed by atoms with van der Waals surface area (Å²) in [6.07, 6.45) is -4.17. The average molecular weight is 202 g/mol. The maximum atomic E-state index is 8.44. The van der Waals surface area contributed by atoms with Gasteiger partial charge in [0, 0.05) is 0 Å². The molecule has 8 heteroatoms. The molecule has 0 atom stereocenters. The predicted octanol–water partition coefficient (Wildman–Crippen LogP) is -3.25. The molecule has 0 fully saturated rings. The Hall–Kier alpha value is 1.44. The Balaban J connectivity index is -0.0000000300. The van der Waals surface area contributed by atoms with Gasteiger partial charge in [0.1, 0.15) is 0 Å². The molecule has 0 saturated carbocycles. The first-order chi connectivity index (χ1) is 3.46. The Bertz CT molecular complexity index is 73.7. The van der Waals surface area contributed by atoms with Crippen molar-refractivity contribution in [3.8, 4) is 0 Å². The van der Waals surface area contributed by atoms with Gasteiger partial charge in [0.15, 0.2) is 0 Å². The van der Waals surface area contributed by atoms with Gasteiger partial charge in [-0.05, 0) is 0 Å². The van der Waals surface area contributed by atoms with Gasteiger partial charge in [-0.1, -0.05) is 0 Å². The Kier molecular flexibility index (Phi) is 37.9. The number of carbonyl (C=O) groups is 2. The van der Waals surface area contributed by atoms with Crippen molar-refractivity contribution in [3.05, 3.63) is 0 Å². The topological polar surface area (TPSA) is 121 Å². The number of hydrogen-bond acceptors (Lipinski definition) is 4. The van der Waals surface area contributed by atoms with Crippen LogP contribution in [0, 0.1) is 0 Å². The zero-order chi connectivity index (χ0) is 7.15. The van der Waals surface area contributed by atoms with Crippen LogP contribution in [0.15, 0.2) is 0 Å². The summed E-state index contributed by atoms with van der Waals surface area (Å²) in [6.45, 7) is 0. The van der Waals surface area contributed by atoms with Gasteiger partial charge >= 0.3 is 89.1 Å². The number of carboxylic acid groups (broad SMARTS) is 4. The van der Waals surface area contributed by atoms with Crippen LogP contribution in [0.2, 0.25) is 0 Å². The number of rotatable bonds is 0. The van der Waals surface area contributed by atoms with Crippen LogP contribution in [0.3, 0.4) is 0 Å². The van der Waals surface area contributed by atoms with Gasteiger partial charge in [-0.2, -0.15) is 0 Å². The molecule has 0 bridgehead atoms. The van der Waals surface area contributed by atoms with E-state index in [2.05, 4.69) is 0 Å². The summed E-state index contributed by atoms with van der Waals surface area (Å²) >= 11 is 0. The monoisotopic (exact) mass is 202 g/mol. The van der Waals surface area contributed by atoms with Crippen LogP contribution in [0.25, 0.3) is 0 Å². The van der Waals surface area contributed by atoms with E-state index in [1.165, 1.54) is 0 Å². The second-order valence-corrected chi connectivity index (χ2v) is 0.532. The molecular formula is C2H3CaKO6. The van der Waals surface area contributed by atoms with Crippen LogP contribution in [-0.2, 0) is 0 Å². The quantitative estimate of drug-likeness (QED) is 0.398. The van der Waals surface area contributed by atoms with Crippen molar-refractivity contribution in [1.29, 1.82) is 0 Å². The van der Waals surface area contributed by atoms with E-state index in [1.54, 1.807) is 0 Å². The third-order valence-corrected chi connectivity index (χ3v) is 0. The average Bonchev–Trinajstić information content (AvgIpc) is 1.25. The van der Waals surface area contributed by atoms with Crippen molar-refractivity contribution in [3.63, 3.8) is 0 Å². The predicted molar refractivity (Wildman–Crippen MR) is 29.0 cm³/mol. The van der Waals surface area contributed by atoms with Crippen LogP contribution in [-0.4, -0.2) is 112 Å². The van der Waals surface area contributed by atoms with Crippen molar-refractivity contribution >= 4 is 101 Å². The molecule has 0 aromatic rings. The zero-order valence-corrected chi connectivity index (χ0v) is 6.44. The maximum absolute atomic E-state index is 8.44. The Morgan fingerprint density at radius 2 is 1.00 bits per heavy atom. The van der Waals surface area contributed by atoms with Gasteiger partial charge in [0.25, 0.3) is 0 Å². The Morgan fingerprint density at radius 1 is 1.00 bits per heavy atom. The van der Waals surface area contributed by atoms with Crippen LogP contribution < -0.4 is 10.2 Å². The normalized spacial score (nSPS) is 4.80. The molecule has 0 aliphatic heterocycles. The van der Waals surface area contributed by atoms with E-state index in [-0.39, 0.29) is 89.1 Å². The molecule has 0 aromatic heterocycles. The van der Waals surface area contributed by atoms with Gasteiger partial charge in [-0.25, -0.2) is 0 Å². The summed E-state index contributed by atoms with van der Waals surface area (Å²) in [5.41, 5.74) is 0. The van der Waals surface area contributed by atoms with Crippen molar-refractivity contribution in [2.75, 3.05) is 0 Å². The molecule has 0 aromatic carbocycles. The molecule has 0 radical (unpaired) electrons. The molecule has 2 N–H and O–H groups in total. The molecule has 0 unspecified atom stereocenters. The summed E-state index contributed by atoms with van der Waals surface area (Å²) in [6, 6.07) is 0. The zero-order valence-electron chi connectivity index (χ0n) is 4.23. The van der Waals surface area contributed by atoms with Gasteiger partial charge < -0.3 is 30.0 Å². The molecule has 0 saturated heterocycles. The van der Waals surface area contributed by atoms with Gasteiger partial charge in [-0.15, -0.1) is 0 Å². The molecule has 6 nitrogen and oxygen atoms in total. The summed E-state index contributed by atoms with van der Waals surface area (Å²) in [7, 11) is 0. The van der Waals surface area contributed by atoms with Gasteiger partial charge in [0.05, 0.1) is 0 Å². The van der Waals surface area contributed by atoms with Gasteiger partial charge in [0.2, 0.25) is 12.3 Å². The van der Waals surface area contributed by atoms with E-state index in [4.69, 9.17) is 30.0 Å². The van der Waals surface area contributed by atoms with Crippen molar-refractivity contribution in [1.82, 2.24) is 0 Å². The first kappa shape index (κ1) is 22.5. The fraction of sp³-hybridized carbons (Fsp3) is 0. The first-order valence-corrected chi connectivity index (χ1v) is 1.26. The van der Waals surface area contributed by atoms with E-state index in [1.807, 2.05) is 0 Å². The van der Waals surface area contributed by atoms with E-state index in [0.717, 1.165) is 0 Å². The van der Waals surface area contributed by atoms with Crippen LogP contribution in [0.1, 0.15) is 0 Å². The van der Waals surface area contributed by atoms with E-state index in [9.17, 15) is 0 Å². The van der Waals surface area contributed by atoms with Crippen molar-refractivity contribution in [2.24, 2.45) is 0 Å². The fourth-order valence-electron chi connectivity index (χ4n) is 0. The second kappa shape index (κ2) is 16.8. The third kappa shape index (κ3) is 326. The van der Waals surface area contributed by atoms with Crippen LogP contribution in [0.5, 0.6) is 0 Å². The molecule has 0 aliphatic carbocycles. The summed E-state index contributed by atoms with van der Waals surface area (Å²) in [5, 5.41) is 30.6. The molecule has 50 valence electrons. The van der Waals surface area contributed by atoms with Crippen LogP contribution in [0.4, 0.5) is 9.59 Å². The van der Waals surface area contributed by atoms with Crippen molar-refractivity contribution in [2.45, 2.75) is 0 Å². The van der Waals surface area contributed by atoms with Crippen molar-refractivity contribution < 1.29 is 30.0 Å². The van der Waals surface area contributed by atoms with Gasteiger partial charge in [-0.3, -0.25) is 0 Å². The second-order valence-electron chi connectivity index (χ2n) is 0.532. The van der Waals surface area contributed by atoms with E-state index >= 15 is 0 Å².